The molecule has 2 N–H and O–H groups in total. The zero-order valence-corrected chi connectivity index (χ0v) is 16.8. The number of halogens is 1. The minimum Gasteiger partial charge on any atom is -0.496 e. The quantitative estimate of drug-likeness (QED) is 0.684. The van der Waals surface area contributed by atoms with Gasteiger partial charge >= 0.3 is 5.76 Å². The Balaban J connectivity index is 2.07. The number of nitrogens with one attached hydrogen (secondary N) is 2. The monoisotopic (exact) mass is 412 g/mol. The molecule has 8 nitrogen and oxygen atoms in total. The molecule has 2 heterocycles. The number of likely N-dealkylation sites (N-methyl/N-ethyl adjacent to an activating group) is 1. The van der Waals surface area contributed by atoms with Gasteiger partial charge in [-0.15, -0.1) is 0 Å². The van der Waals surface area contributed by atoms with Crippen LogP contribution in [0.25, 0.3) is 22.5 Å². The summed E-state index contributed by atoms with van der Waals surface area (Å²) in [6.45, 7) is 2.78. The number of carbonyl (C=O) groups is 1. The highest BCUT2D eigenvalue weighted by Gasteiger charge is 2.27. The van der Waals surface area contributed by atoms with Gasteiger partial charge in [0.05, 0.1) is 12.8 Å². The van der Waals surface area contributed by atoms with E-state index in [1.807, 2.05) is 7.05 Å². The van der Waals surface area contributed by atoms with Crippen LogP contribution in [0.1, 0.15) is 18.1 Å². The number of anilines is 1. The van der Waals surface area contributed by atoms with Crippen LogP contribution >= 0.6 is 0 Å². The van der Waals surface area contributed by atoms with Crippen molar-refractivity contribution in [3.8, 4) is 28.3 Å². The van der Waals surface area contributed by atoms with Gasteiger partial charge in [-0.1, -0.05) is 5.16 Å². The Bertz CT molecular complexity index is 1180. The number of H-pyrrole nitrogens is 1. The van der Waals surface area contributed by atoms with Gasteiger partial charge in [0, 0.05) is 31.1 Å². The first-order valence-corrected chi connectivity index (χ1v) is 9.42. The molecule has 0 saturated heterocycles. The summed E-state index contributed by atoms with van der Waals surface area (Å²) in [5.74, 6) is -0.664. The second-order valence-electron chi connectivity index (χ2n) is 7.26. The summed E-state index contributed by atoms with van der Waals surface area (Å²) in [6.07, 6.45) is 0.697. The second-order valence-corrected chi connectivity index (χ2v) is 7.26. The second kappa shape index (κ2) is 7.75. The number of aromatic nitrogens is 2. The van der Waals surface area contributed by atoms with Crippen LogP contribution in [-0.4, -0.2) is 41.6 Å². The molecule has 156 valence electrons. The molecule has 0 saturated carbocycles. The first-order valence-electron chi connectivity index (χ1n) is 9.42. The number of carbonyl (C=O) groups excluding carboxylic acids is 1. The van der Waals surface area contributed by atoms with Gasteiger partial charge < -0.3 is 15.0 Å². The van der Waals surface area contributed by atoms with Gasteiger partial charge in [0.15, 0.2) is 5.82 Å². The highest BCUT2D eigenvalue weighted by atomic mass is 19.1. The number of rotatable bonds is 4. The topological polar surface area (TPSA) is 100 Å². The Morgan fingerprint density at radius 2 is 2.07 bits per heavy atom. The predicted molar refractivity (Wildman–Crippen MR) is 109 cm³/mol. The van der Waals surface area contributed by atoms with Gasteiger partial charge in [-0.25, -0.2) is 9.18 Å². The zero-order chi connectivity index (χ0) is 21.4. The van der Waals surface area contributed by atoms with Crippen molar-refractivity contribution < 1.29 is 18.4 Å². The average Bonchev–Trinajstić information content (AvgIpc) is 3.14. The normalized spacial score (nSPS) is 13.7. The lowest BCUT2D eigenvalue weighted by molar-refractivity contribution is -0.114. The van der Waals surface area contributed by atoms with Crippen molar-refractivity contribution in [3.63, 3.8) is 0 Å². The molecule has 30 heavy (non-hydrogen) atoms. The maximum absolute atomic E-state index is 14.1. The Kier molecular flexibility index (Phi) is 5.13. The number of nitrogens with zero attached hydrogens (tertiary/aromatic N) is 2. The number of hydrogen-bond donors (Lipinski definition) is 2. The minimum atomic E-state index is -0.710. The van der Waals surface area contributed by atoms with E-state index in [9.17, 15) is 14.0 Å². The summed E-state index contributed by atoms with van der Waals surface area (Å²) in [4.78, 5) is 28.2. The van der Waals surface area contributed by atoms with E-state index >= 15 is 0 Å². The van der Waals surface area contributed by atoms with Crippen molar-refractivity contribution in [2.24, 2.45) is 0 Å². The van der Waals surface area contributed by atoms with Crippen molar-refractivity contribution in [1.82, 2.24) is 15.0 Å². The first kappa shape index (κ1) is 19.8. The van der Waals surface area contributed by atoms with Gasteiger partial charge in [-0.05, 0) is 54.4 Å². The summed E-state index contributed by atoms with van der Waals surface area (Å²) in [5, 5.41) is 6.68. The summed E-state index contributed by atoms with van der Waals surface area (Å²) in [6, 6.07) is 6.11. The maximum atomic E-state index is 14.1. The van der Waals surface area contributed by atoms with E-state index in [0.717, 1.165) is 23.2 Å². The maximum Gasteiger partial charge on any atom is 0.439 e. The molecule has 4 rings (SSSR count). The number of amides is 1. The molecular weight excluding hydrogens is 391 g/mol. The predicted octanol–water partition coefficient (Wildman–Crippen LogP) is 2.79. The number of hydrogen-bond acceptors (Lipinski definition) is 6. The Hall–Kier alpha value is -3.46. The summed E-state index contributed by atoms with van der Waals surface area (Å²) in [7, 11) is 3.51. The van der Waals surface area contributed by atoms with Crippen LogP contribution in [0.4, 0.5) is 10.1 Å². The van der Waals surface area contributed by atoms with E-state index in [2.05, 4.69) is 24.9 Å². The minimum absolute atomic E-state index is 0.177. The van der Waals surface area contributed by atoms with E-state index in [-0.39, 0.29) is 11.7 Å². The summed E-state index contributed by atoms with van der Waals surface area (Å²) in [5.41, 5.74) is 4.22. The van der Waals surface area contributed by atoms with Gasteiger partial charge in [0.25, 0.3) is 0 Å². The van der Waals surface area contributed by atoms with Crippen LogP contribution in [0.15, 0.2) is 33.6 Å². The van der Waals surface area contributed by atoms with E-state index in [1.54, 1.807) is 12.1 Å². The molecule has 0 bridgehead atoms. The van der Waals surface area contributed by atoms with E-state index in [4.69, 9.17) is 4.74 Å². The van der Waals surface area contributed by atoms with E-state index in [1.165, 1.54) is 26.2 Å². The Labute approximate surface area is 171 Å². The molecule has 0 fully saturated rings. The molecule has 0 atom stereocenters. The fourth-order valence-electron chi connectivity index (χ4n) is 3.87. The Morgan fingerprint density at radius 1 is 1.27 bits per heavy atom. The number of benzene rings is 2. The fourth-order valence-corrected chi connectivity index (χ4v) is 3.87. The molecule has 1 amide bonds. The Morgan fingerprint density at radius 3 is 2.73 bits per heavy atom. The third kappa shape index (κ3) is 3.59. The number of aromatic amines is 1. The highest BCUT2D eigenvalue weighted by Crippen LogP contribution is 2.43. The molecule has 0 radical (unpaired) electrons. The van der Waals surface area contributed by atoms with Gasteiger partial charge in [-0.3, -0.25) is 14.3 Å². The van der Waals surface area contributed by atoms with Crippen molar-refractivity contribution in [3.05, 3.63) is 51.8 Å². The van der Waals surface area contributed by atoms with Crippen LogP contribution in [0.2, 0.25) is 0 Å². The third-order valence-corrected chi connectivity index (χ3v) is 5.17. The van der Waals surface area contributed by atoms with Crippen molar-refractivity contribution in [1.29, 1.82) is 0 Å². The van der Waals surface area contributed by atoms with Crippen LogP contribution in [0.3, 0.4) is 0 Å². The number of methoxy groups -OCH3 is 1. The van der Waals surface area contributed by atoms with Crippen molar-refractivity contribution in [2.45, 2.75) is 19.9 Å². The SMILES string of the molecule is COc1ccc(F)cc1-c1cc(-c2noc(=O)[nH]2)c(NC(C)=O)c2c1CCN(C)C2. The standard InChI is InChI=1S/C21H21FN4O4/c1-11(27)23-19-16(20-24-21(28)30-25-20)9-14(13-6-7-26(2)10-17(13)19)15-8-12(22)4-5-18(15)29-3/h4-5,8-9H,6-7,10H2,1-3H3,(H,23,27)(H,24,25,28). The smallest absolute Gasteiger partial charge is 0.439 e. The lowest BCUT2D eigenvalue weighted by Crippen LogP contribution is -2.28. The van der Waals surface area contributed by atoms with Crippen LogP contribution in [-0.2, 0) is 17.8 Å². The highest BCUT2D eigenvalue weighted by molar-refractivity contribution is 5.97. The molecular formula is C21H21FN4O4. The molecule has 1 aromatic heterocycles. The molecule has 9 heteroatoms. The van der Waals surface area contributed by atoms with Crippen LogP contribution < -0.4 is 15.8 Å². The largest absolute Gasteiger partial charge is 0.496 e. The van der Waals surface area contributed by atoms with E-state index in [0.29, 0.717) is 35.5 Å². The first-order chi connectivity index (χ1) is 14.4. The summed E-state index contributed by atoms with van der Waals surface area (Å²) < 4.78 is 24.3. The van der Waals surface area contributed by atoms with Gasteiger partial charge in [0.1, 0.15) is 11.6 Å². The molecule has 0 unspecified atom stereocenters. The van der Waals surface area contributed by atoms with Crippen molar-refractivity contribution in [2.75, 3.05) is 26.0 Å². The van der Waals surface area contributed by atoms with Gasteiger partial charge in [0.2, 0.25) is 5.91 Å². The lowest BCUT2D eigenvalue weighted by atomic mass is 9.86. The molecule has 1 aliphatic rings. The zero-order valence-electron chi connectivity index (χ0n) is 16.8. The molecule has 0 aliphatic carbocycles. The fraction of sp³-hybridized carbons (Fsp3) is 0.286. The number of ether oxygens (including phenoxy) is 1. The van der Waals surface area contributed by atoms with E-state index < -0.39 is 11.6 Å². The average molecular weight is 412 g/mol. The molecule has 3 aromatic rings. The molecule has 2 aromatic carbocycles. The molecule has 0 spiro atoms. The summed E-state index contributed by atoms with van der Waals surface area (Å²) >= 11 is 0. The molecule has 1 aliphatic heterocycles. The number of fused-ring (bicyclic) bond motifs is 1. The van der Waals surface area contributed by atoms with Gasteiger partial charge in [-0.2, -0.15) is 0 Å². The lowest BCUT2D eigenvalue weighted by Gasteiger charge is -2.30. The van der Waals surface area contributed by atoms with Crippen LogP contribution in [0.5, 0.6) is 5.75 Å². The van der Waals surface area contributed by atoms with Crippen molar-refractivity contribution >= 4 is 11.6 Å². The third-order valence-electron chi connectivity index (χ3n) is 5.17. The van der Waals surface area contributed by atoms with Crippen LogP contribution in [0, 0.1) is 5.82 Å².